The van der Waals surface area contributed by atoms with E-state index in [0.717, 1.165) is 46.2 Å². The Morgan fingerprint density at radius 3 is 2.41 bits per heavy atom. The van der Waals surface area contributed by atoms with Crippen LogP contribution in [0.4, 0.5) is 10.5 Å². The first kappa shape index (κ1) is 27.1. The van der Waals surface area contributed by atoms with Crippen LogP contribution in [-0.4, -0.2) is 68.0 Å². The number of carbonyl (C=O) groups excluding carboxylic acids is 3. The van der Waals surface area contributed by atoms with Crippen molar-refractivity contribution in [3.8, 4) is 11.4 Å². The van der Waals surface area contributed by atoms with E-state index in [1.165, 1.54) is 10.3 Å². The fraction of sp³-hybridized carbons (Fsp3) is 0.438. The largest absolute Gasteiger partial charge is 0.444 e. The Morgan fingerprint density at radius 1 is 0.951 bits per heavy atom. The maximum Gasteiger partial charge on any atom is 0.410 e. The van der Waals surface area contributed by atoms with Gasteiger partial charge in [-0.25, -0.2) is 9.78 Å². The average Bonchev–Trinajstić information content (AvgIpc) is 3.69. The van der Waals surface area contributed by atoms with Crippen LogP contribution in [0.5, 0.6) is 0 Å². The van der Waals surface area contributed by atoms with E-state index in [9.17, 15) is 14.4 Å². The lowest BCUT2D eigenvalue weighted by Gasteiger charge is -2.32. The Hall–Kier alpha value is -4.14. The number of aryl methyl sites for hydroxylation is 2. The van der Waals surface area contributed by atoms with Crippen molar-refractivity contribution in [2.75, 3.05) is 18.4 Å². The van der Waals surface area contributed by atoms with E-state index in [0.29, 0.717) is 31.6 Å². The lowest BCUT2D eigenvalue weighted by molar-refractivity contribution is -0.140. The number of anilines is 1. The molecule has 2 fully saturated rings. The van der Waals surface area contributed by atoms with Crippen molar-refractivity contribution in [1.29, 1.82) is 0 Å². The number of hydrogen-bond donors (Lipinski definition) is 1. The predicted molar refractivity (Wildman–Crippen MR) is 159 cm³/mol. The minimum atomic E-state index is -0.643. The number of hydrogen-bond acceptors (Lipinski definition) is 5. The average molecular weight is 556 g/mol. The number of likely N-dealkylation sites (tertiary alicyclic amines) is 2. The summed E-state index contributed by atoms with van der Waals surface area (Å²) in [7, 11) is 2.03. The van der Waals surface area contributed by atoms with E-state index in [4.69, 9.17) is 9.72 Å². The molecule has 3 amide bonds. The van der Waals surface area contributed by atoms with Gasteiger partial charge in [0.15, 0.2) is 0 Å². The van der Waals surface area contributed by atoms with E-state index >= 15 is 0 Å². The zero-order chi connectivity index (χ0) is 29.1. The van der Waals surface area contributed by atoms with Crippen molar-refractivity contribution in [1.82, 2.24) is 19.4 Å². The lowest BCUT2D eigenvalue weighted by Crippen LogP contribution is -2.52. The second-order valence-corrected chi connectivity index (χ2v) is 12.3. The Bertz CT molecular complexity index is 1650. The van der Waals surface area contributed by atoms with Crippen molar-refractivity contribution in [2.24, 2.45) is 7.05 Å². The van der Waals surface area contributed by atoms with Crippen LogP contribution in [0.1, 0.15) is 52.0 Å². The molecule has 2 atom stereocenters. The Balaban J connectivity index is 1.24. The number of nitrogens with zero attached hydrogens (tertiary/aromatic N) is 4. The van der Waals surface area contributed by atoms with E-state index < -0.39 is 23.8 Å². The van der Waals surface area contributed by atoms with Gasteiger partial charge in [0.2, 0.25) is 11.8 Å². The molecule has 9 heteroatoms. The molecule has 214 valence electrons. The molecule has 2 saturated heterocycles. The number of rotatable bonds is 3. The molecule has 0 unspecified atom stereocenters. The first-order valence-corrected chi connectivity index (χ1v) is 14.4. The van der Waals surface area contributed by atoms with Gasteiger partial charge in [-0.2, -0.15) is 0 Å². The van der Waals surface area contributed by atoms with Crippen LogP contribution in [0, 0.1) is 6.92 Å². The first-order chi connectivity index (χ1) is 19.5. The maximum atomic E-state index is 13.6. The molecule has 0 radical (unpaired) electrons. The number of fused-ring (bicyclic) bond motifs is 4. The summed E-state index contributed by atoms with van der Waals surface area (Å²) >= 11 is 0. The third-order valence-electron chi connectivity index (χ3n) is 8.35. The van der Waals surface area contributed by atoms with Crippen molar-refractivity contribution in [3.63, 3.8) is 0 Å². The number of ether oxygens (including phenoxy) is 1. The molecule has 0 bridgehead atoms. The van der Waals surface area contributed by atoms with E-state index in [2.05, 4.69) is 28.9 Å². The number of benzene rings is 2. The quantitative estimate of drug-likeness (QED) is 0.362. The van der Waals surface area contributed by atoms with Gasteiger partial charge in [-0.05, 0) is 83.2 Å². The molecule has 6 rings (SSSR count). The third-order valence-corrected chi connectivity index (χ3v) is 8.35. The summed E-state index contributed by atoms with van der Waals surface area (Å²) in [6, 6.07) is 12.9. The molecular formula is C32H37N5O4. The molecule has 4 heterocycles. The van der Waals surface area contributed by atoms with Crippen LogP contribution in [0.15, 0.2) is 42.5 Å². The molecule has 0 aromatic heterocycles. The molecule has 4 aliphatic heterocycles. The monoisotopic (exact) mass is 555 g/mol. The molecule has 1 N–H and O–H groups in total. The number of nitrogens with one attached hydrogen (secondary N) is 1. The van der Waals surface area contributed by atoms with Gasteiger partial charge in [-0.3, -0.25) is 14.5 Å². The highest BCUT2D eigenvalue weighted by Crippen LogP contribution is 2.39. The first-order valence-electron chi connectivity index (χ1n) is 14.4. The zero-order valence-corrected chi connectivity index (χ0v) is 24.4. The van der Waals surface area contributed by atoms with E-state index in [1.54, 1.807) is 4.90 Å². The van der Waals surface area contributed by atoms with Gasteiger partial charge < -0.3 is 19.5 Å². The van der Waals surface area contributed by atoms with E-state index in [1.807, 2.05) is 58.2 Å². The molecule has 0 saturated carbocycles. The van der Waals surface area contributed by atoms with Crippen LogP contribution in [0.25, 0.3) is 33.2 Å². The summed E-state index contributed by atoms with van der Waals surface area (Å²) in [5, 5.41) is 5.22. The lowest BCUT2D eigenvalue weighted by atomic mass is 10.00. The van der Waals surface area contributed by atoms with Crippen LogP contribution in [0.2, 0.25) is 0 Å². The van der Waals surface area contributed by atoms with Crippen molar-refractivity contribution in [3.05, 3.63) is 48.0 Å². The van der Waals surface area contributed by atoms with Gasteiger partial charge in [0.05, 0.1) is 5.52 Å². The summed E-state index contributed by atoms with van der Waals surface area (Å²) < 4.78 is 7.66. The number of pyridine rings is 1. The van der Waals surface area contributed by atoms with Crippen LogP contribution >= 0.6 is 0 Å². The number of amides is 3. The topological polar surface area (TPSA) is 96.8 Å². The second kappa shape index (κ2) is 10.0. The predicted octanol–water partition coefficient (Wildman–Crippen LogP) is 5.47. The fourth-order valence-electron chi connectivity index (χ4n) is 6.43. The zero-order valence-electron chi connectivity index (χ0n) is 24.4. The van der Waals surface area contributed by atoms with Crippen LogP contribution < -0.4 is 5.32 Å². The highest BCUT2D eigenvalue weighted by atomic mass is 16.6. The van der Waals surface area contributed by atoms with Crippen molar-refractivity contribution < 1.29 is 19.1 Å². The van der Waals surface area contributed by atoms with Crippen molar-refractivity contribution in [2.45, 2.75) is 71.1 Å². The number of carbonyl (C=O) groups is 3. The molecule has 4 aliphatic rings. The second-order valence-electron chi connectivity index (χ2n) is 12.3. The Kier molecular flexibility index (Phi) is 6.63. The summed E-state index contributed by atoms with van der Waals surface area (Å²) in [4.78, 5) is 48.1. The Morgan fingerprint density at radius 2 is 1.66 bits per heavy atom. The molecule has 0 aliphatic carbocycles. The SMILES string of the molecule is Cc1c2c3cc(NC(=O)[C@@H]4CCCN4C(=O)[C@@H]4CCCN4C(=O)OC(C)(C)C)ccc3nc-2n(C)c2ccccc12. The molecule has 2 aromatic carbocycles. The minimum Gasteiger partial charge on any atom is -0.444 e. The van der Waals surface area contributed by atoms with E-state index in [-0.39, 0.29) is 11.8 Å². The summed E-state index contributed by atoms with van der Waals surface area (Å²) in [5.74, 6) is 0.509. The molecule has 0 spiro atoms. The summed E-state index contributed by atoms with van der Waals surface area (Å²) in [5.41, 5.74) is 4.23. The number of para-hydroxylation sites is 1. The summed E-state index contributed by atoms with van der Waals surface area (Å²) in [6.07, 6.45) is 2.15. The van der Waals surface area contributed by atoms with Gasteiger partial charge in [-0.15, -0.1) is 0 Å². The van der Waals surface area contributed by atoms with Gasteiger partial charge in [0.1, 0.15) is 23.5 Å². The maximum absolute atomic E-state index is 13.6. The standard InChI is InChI=1S/C32H37N5O4/c1-19-21-10-6-7-11-24(21)35(5)28-27(19)22-18-20(14-15-23(22)34-28)33-29(38)25-12-8-16-36(25)30(39)26-13-9-17-37(26)31(40)41-32(2,3)4/h6-7,10-11,14-15,18,25-26H,8-9,12-13,16-17H2,1-5H3,(H,33,38)/t25-,26-/m0/s1. The fourth-order valence-corrected chi connectivity index (χ4v) is 6.43. The van der Waals surface area contributed by atoms with Crippen molar-refractivity contribution >= 4 is 45.4 Å². The highest BCUT2D eigenvalue weighted by Gasteiger charge is 2.43. The van der Waals surface area contributed by atoms with Gasteiger partial charge in [0.25, 0.3) is 0 Å². The molecule has 41 heavy (non-hydrogen) atoms. The van der Waals surface area contributed by atoms with Gasteiger partial charge in [0, 0.05) is 47.7 Å². The molecule has 2 aromatic rings. The smallest absolute Gasteiger partial charge is 0.410 e. The number of aromatic nitrogens is 2. The molecular weight excluding hydrogens is 518 g/mol. The minimum absolute atomic E-state index is 0.178. The van der Waals surface area contributed by atoms with Crippen LogP contribution in [0.3, 0.4) is 0 Å². The Labute approximate surface area is 239 Å². The van der Waals surface area contributed by atoms with Gasteiger partial charge in [-0.1, -0.05) is 18.2 Å². The molecule has 9 nitrogen and oxygen atoms in total. The summed E-state index contributed by atoms with van der Waals surface area (Å²) in [6.45, 7) is 8.52. The normalized spacial score (nSPS) is 19.4. The highest BCUT2D eigenvalue weighted by molar-refractivity contribution is 6.06. The third kappa shape index (κ3) is 4.77. The van der Waals surface area contributed by atoms with Gasteiger partial charge >= 0.3 is 6.09 Å². The van der Waals surface area contributed by atoms with Crippen LogP contribution in [-0.2, 0) is 21.4 Å².